The fourth-order valence-corrected chi connectivity index (χ4v) is 8.23. The van der Waals surface area contributed by atoms with Gasteiger partial charge in [0.05, 0.1) is 30.1 Å². The van der Waals surface area contributed by atoms with Gasteiger partial charge in [-0.1, -0.05) is 55.0 Å². The first-order valence-electron chi connectivity index (χ1n) is 13.9. The van der Waals surface area contributed by atoms with Gasteiger partial charge < -0.3 is 14.9 Å². The molecule has 2 fully saturated rings. The van der Waals surface area contributed by atoms with Gasteiger partial charge in [-0.25, -0.2) is 0 Å². The van der Waals surface area contributed by atoms with E-state index in [4.69, 9.17) is 10.00 Å². The Morgan fingerprint density at radius 1 is 1.00 bits per heavy atom. The van der Waals surface area contributed by atoms with Crippen molar-refractivity contribution in [3.63, 3.8) is 0 Å². The molecule has 3 unspecified atom stereocenters. The maximum atomic E-state index is 12.0. The quantitative estimate of drug-likeness (QED) is 0.465. The second-order valence-electron chi connectivity index (χ2n) is 11.9. The third-order valence-corrected chi connectivity index (χ3v) is 10.2. The van der Waals surface area contributed by atoms with E-state index in [1.54, 1.807) is 0 Å². The molecule has 6 atom stereocenters. The summed E-state index contributed by atoms with van der Waals surface area (Å²) in [5.41, 5.74) is 6.20. The molecule has 0 bridgehead atoms. The minimum absolute atomic E-state index is 0.121. The molecule has 0 saturated heterocycles. The molecule has 2 N–H and O–H groups in total. The van der Waals surface area contributed by atoms with E-state index in [0.717, 1.165) is 43.4 Å². The average molecular weight is 496 g/mol. The summed E-state index contributed by atoms with van der Waals surface area (Å²) in [5, 5.41) is 30.7. The molecular formula is C33H37NO3. The second kappa shape index (κ2) is 9.46. The largest absolute Gasteiger partial charge is 0.501 e. The number of rotatable bonds is 5. The summed E-state index contributed by atoms with van der Waals surface area (Å²) in [4.78, 5) is 0. The molecule has 4 aliphatic rings. The summed E-state index contributed by atoms with van der Waals surface area (Å²) in [7, 11) is 0. The van der Waals surface area contributed by atoms with E-state index in [2.05, 4.69) is 43.3 Å². The van der Waals surface area contributed by atoms with Gasteiger partial charge in [0.2, 0.25) is 0 Å². The Morgan fingerprint density at radius 2 is 1.73 bits per heavy atom. The van der Waals surface area contributed by atoms with Crippen LogP contribution in [-0.4, -0.2) is 29.0 Å². The molecule has 2 aromatic carbocycles. The van der Waals surface area contributed by atoms with Crippen LogP contribution in [0.15, 0.2) is 72.0 Å². The van der Waals surface area contributed by atoms with Crippen molar-refractivity contribution in [1.29, 1.82) is 5.26 Å². The summed E-state index contributed by atoms with van der Waals surface area (Å²) in [6.07, 6.45) is 10.6. The molecule has 1 aliphatic heterocycles. The number of fused-ring (bicyclic) bond motifs is 5. The lowest BCUT2D eigenvalue weighted by atomic mass is 9.48. The topological polar surface area (TPSA) is 73.5 Å². The van der Waals surface area contributed by atoms with Crippen LogP contribution in [0.5, 0.6) is 0 Å². The second-order valence-corrected chi connectivity index (χ2v) is 11.9. The first-order chi connectivity index (χ1) is 18.0. The van der Waals surface area contributed by atoms with Gasteiger partial charge in [0.1, 0.15) is 0 Å². The summed E-state index contributed by atoms with van der Waals surface area (Å²) in [5.74, 6) is 1.88. The fraction of sp³-hybridized carbons (Fsp3) is 0.485. The minimum atomic E-state index is -0.789. The van der Waals surface area contributed by atoms with Crippen molar-refractivity contribution in [2.75, 3.05) is 13.2 Å². The number of nitriles is 1. The highest BCUT2D eigenvalue weighted by Gasteiger charge is 2.61. The molecule has 2 saturated carbocycles. The molecule has 4 nitrogen and oxygen atoms in total. The highest BCUT2D eigenvalue weighted by Crippen LogP contribution is 2.66. The molecule has 0 aromatic heterocycles. The molecule has 3 aliphatic carbocycles. The average Bonchev–Trinajstić information content (AvgIpc) is 3.21. The lowest BCUT2D eigenvalue weighted by Crippen LogP contribution is -2.53. The van der Waals surface area contributed by atoms with E-state index in [0.29, 0.717) is 48.5 Å². The molecule has 0 amide bonds. The summed E-state index contributed by atoms with van der Waals surface area (Å²) >= 11 is 0. The van der Waals surface area contributed by atoms with E-state index >= 15 is 0 Å². The zero-order valence-corrected chi connectivity index (χ0v) is 21.7. The molecule has 2 aromatic rings. The van der Waals surface area contributed by atoms with E-state index in [1.807, 2.05) is 30.5 Å². The van der Waals surface area contributed by atoms with Crippen molar-refractivity contribution < 1.29 is 14.9 Å². The van der Waals surface area contributed by atoms with Gasteiger partial charge in [0.15, 0.2) is 0 Å². The number of hydrogen-bond acceptors (Lipinski definition) is 4. The number of hydrogen-bond donors (Lipinski definition) is 2. The van der Waals surface area contributed by atoms with E-state index in [-0.39, 0.29) is 12.0 Å². The maximum absolute atomic E-state index is 12.0. The molecule has 0 spiro atoms. The fourth-order valence-electron chi connectivity index (χ4n) is 8.23. The first-order valence-corrected chi connectivity index (χ1v) is 13.9. The summed E-state index contributed by atoms with van der Waals surface area (Å²) in [6, 6.07) is 19.0. The lowest BCUT2D eigenvalue weighted by molar-refractivity contribution is -0.0840. The third-order valence-electron chi connectivity index (χ3n) is 10.2. The number of benzene rings is 2. The predicted octanol–water partition coefficient (Wildman–Crippen LogP) is 6.50. The molecule has 192 valence electrons. The van der Waals surface area contributed by atoms with Crippen molar-refractivity contribution in [3.05, 3.63) is 83.1 Å². The number of aliphatic hydroxyl groups is 2. The molecule has 37 heavy (non-hydrogen) atoms. The van der Waals surface area contributed by atoms with Crippen molar-refractivity contribution in [2.24, 2.45) is 23.2 Å². The van der Waals surface area contributed by atoms with Crippen molar-refractivity contribution >= 4 is 0 Å². The van der Waals surface area contributed by atoms with Gasteiger partial charge in [0, 0.05) is 12.0 Å². The number of allylic oxidation sites excluding steroid dienone is 1. The van der Waals surface area contributed by atoms with Gasteiger partial charge in [0.25, 0.3) is 0 Å². The van der Waals surface area contributed by atoms with Crippen LogP contribution in [0.3, 0.4) is 0 Å². The number of nitrogens with zero attached hydrogens (tertiary/aromatic N) is 1. The standard InChI is InChI=1S/C33H37NO3/c1-32-19-29(25-9-7-24(8-10-25)23-5-3-22(20-34)4-6-23)31-27-14-18-37-21-26(27)11-12-28(31)30(32)13-16-33(32,36)15-2-17-35/h3-10,13,21,27-29,31,35-36H,2,11-12,14-19H2,1H3/t27?,28?,29-,31?,32+,33+/m1/s1. The highest BCUT2D eigenvalue weighted by molar-refractivity contribution is 5.64. The van der Waals surface area contributed by atoms with Crippen LogP contribution in [0.4, 0.5) is 0 Å². The van der Waals surface area contributed by atoms with Crippen molar-refractivity contribution in [3.8, 4) is 17.2 Å². The maximum Gasteiger partial charge on any atom is 0.0991 e. The Kier molecular flexibility index (Phi) is 6.25. The van der Waals surface area contributed by atoms with Gasteiger partial charge in [-0.3, -0.25) is 0 Å². The zero-order chi connectivity index (χ0) is 25.6. The highest BCUT2D eigenvalue weighted by atomic mass is 16.5. The van der Waals surface area contributed by atoms with Crippen molar-refractivity contribution in [1.82, 2.24) is 0 Å². The first kappa shape index (κ1) is 24.5. The Labute approximate surface area is 220 Å². The Hall–Kier alpha value is -2.87. The normalized spacial score (nSPS) is 34.2. The number of ether oxygens (including phenoxy) is 1. The summed E-state index contributed by atoms with van der Waals surface area (Å²) in [6.45, 7) is 3.21. The minimum Gasteiger partial charge on any atom is -0.501 e. The smallest absolute Gasteiger partial charge is 0.0991 e. The van der Waals surface area contributed by atoms with Crippen LogP contribution >= 0.6 is 0 Å². The van der Waals surface area contributed by atoms with E-state index in [1.165, 1.54) is 16.7 Å². The number of aliphatic hydroxyl groups excluding tert-OH is 1. The van der Waals surface area contributed by atoms with Crippen LogP contribution < -0.4 is 0 Å². The SMILES string of the molecule is C[C@]12C[C@H](c3ccc(-c4ccc(C#N)cc4)cc3)C3C4CCOC=C4CCC3C1=CC[C@@]2(O)CCCO. The molecule has 1 heterocycles. The van der Waals surface area contributed by atoms with Crippen LogP contribution in [0, 0.1) is 34.5 Å². The van der Waals surface area contributed by atoms with Gasteiger partial charge in [-0.05, 0) is 103 Å². The van der Waals surface area contributed by atoms with Crippen LogP contribution in [-0.2, 0) is 4.74 Å². The van der Waals surface area contributed by atoms with Gasteiger partial charge in [-0.2, -0.15) is 5.26 Å². The third kappa shape index (κ3) is 3.95. The Balaban J connectivity index is 1.38. The monoisotopic (exact) mass is 495 g/mol. The molecule has 6 rings (SSSR count). The zero-order valence-electron chi connectivity index (χ0n) is 21.7. The van der Waals surface area contributed by atoms with Crippen LogP contribution in [0.1, 0.15) is 68.9 Å². The summed E-state index contributed by atoms with van der Waals surface area (Å²) < 4.78 is 5.76. The van der Waals surface area contributed by atoms with Gasteiger partial charge >= 0.3 is 0 Å². The van der Waals surface area contributed by atoms with Gasteiger partial charge in [-0.15, -0.1) is 0 Å². The molecule has 0 radical (unpaired) electrons. The Bertz CT molecular complexity index is 1250. The van der Waals surface area contributed by atoms with Crippen LogP contribution in [0.2, 0.25) is 0 Å². The Morgan fingerprint density at radius 3 is 2.43 bits per heavy atom. The van der Waals surface area contributed by atoms with Crippen molar-refractivity contribution in [2.45, 2.75) is 63.4 Å². The van der Waals surface area contributed by atoms with E-state index in [9.17, 15) is 10.2 Å². The van der Waals surface area contributed by atoms with Crippen LogP contribution in [0.25, 0.3) is 11.1 Å². The lowest BCUT2D eigenvalue weighted by Gasteiger charge is -2.57. The predicted molar refractivity (Wildman–Crippen MR) is 144 cm³/mol. The molecule has 4 heteroatoms. The molecular weight excluding hydrogens is 458 g/mol. The van der Waals surface area contributed by atoms with E-state index < -0.39 is 5.60 Å².